The van der Waals surface area contributed by atoms with E-state index in [1.54, 1.807) is 24.3 Å². The summed E-state index contributed by atoms with van der Waals surface area (Å²) in [6.45, 7) is 2.82. The van der Waals surface area contributed by atoms with Crippen LogP contribution in [-0.2, 0) is 11.3 Å². The van der Waals surface area contributed by atoms with Gasteiger partial charge in [0.25, 0.3) is 0 Å². The van der Waals surface area contributed by atoms with E-state index in [9.17, 15) is 9.59 Å². The summed E-state index contributed by atoms with van der Waals surface area (Å²) in [6, 6.07) is 8.79. The van der Waals surface area contributed by atoms with Gasteiger partial charge in [0.2, 0.25) is 11.6 Å². The molecular weight excluding hydrogens is 412 g/mol. The van der Waals surface area contributed by atoms with Crippen molar-refractivity contribution >= 4 is 29.2 Å². The summed E-state index contributed by atoms with van der Waals surface area (Å²) >= 11 is 6.21. The Kier molecular flexibility index (Phi) is 5.25. The molecule has 0 spiro atoms. The molecule has 1 aliphatic heterocycles. The molecule has 1 N–H and O–H groups in total. The number of anilines is 1. The van der Waals surface area contributed by atoms with Crippen LogP contribution < -0.4 is 4.90 Å². The second-order valence-electron chi connectivity index (χ2n) is 7.44. The number of carboxylic acid groups (broad SMARTS) is 1. The van der Waals surface area contributed by atoms with Gasteiger partial charge in [-0.05, 0) is 30.2 Å². The van der Waals surface area contributed by atoms with Crippen LogP contribution in [0.5, 0.6) is 0 Å². The number of rotatable bonds is 6. The second kappa shape index (κ2) is 7.86. The van der Waals surface area contributed by atoms with Crippen LogP contribution in [0.1, 0.15) is 30.1 Å². The quantitative estimate of drug-likeness (QED) is 0.586. The standard InChI is InChI=1S/C19H19ClN6O4/c1-19(17(29)12-4-2-3-5-13(12)20)6-8-25(9-7-19)15-10-14(30-23-15)18-21-24-26(22-18)11-16(27)28/h2-5,10H,6-9,11H2,1H3,(H,27,28). The molecule has 156 valence electrons. The fraction of sp³-hybridized carbons (Fsp3) is 0.368. The molecule has 0 unspecified atom stereocenters. The van der Waals surface area contributed by atoms with Crippen LogP contribution in [0.2, 0.25) is 5.02 Å². The molecule has 0 atom stereocenters. The number of tetrazole rings is 1. The first-order chi connectivity index (χ1) is 14.4. The third-order valence-corrected chi connectivity index (χ3v) is 5.63. The van der Waals surface area contributed by atoms with Crippen molar-refractivity contribution in [1.29, 1.82) is 0 Å². The second-order valence-corrected chi connectivity index (χ2v) is 7.85. The number of halogens is 1. The van der Waals surface area contributed by atoms with Crippen molar-refractivity contribution in [3.63, 3.8) is 0 Å². The molecule has 1 fully saturated rings. The molecule has 1 aromatic carbocycles. The van der Waals surface area contributed by atoms with E-state index in [0.717, 1.165) is 4.80 Å². The topological polar surface area (TPSA) is 127 Å². The van der Waals surface area contributed by atoms with E-state index in [1.165, 1.54) is 0 Å². The first-order valence-corrected chi connectivity index (χ1v) is 9.74. The van der Waals surface area contributed by atoms with Gasteiger partial charge in [-0.1, -0.05) is 35.8 Å². The molecule has 0 radical (unpaired) electrons. The zero-order chi connectivity index (χ0) is 21.3. The summed E-state index contributed by atoms with van der Waals surface area (Å²) in [5.41, 5.74) is 0.0455. The molecule has 0 aliphatic carbocycles. The van der Waals surface area contributed by atoms with Crippen LogP contribution in [0, 0.1) is 5.41 Å². The minimum absolute atomic E-state index is 0.0489. The van der Waals surface area contributed by atoms with Crippen LogP contribution in [0.4, 0.5) is 5.82 Å². The van der Waals surface area contributed by atoms with Crippen molar-refractivity contribution in [1.82, 2.24) is 25.4 Å². The average Bonchev–Trinajstić information content (AvgIpc) is 3.38. The maximum absolute atomic E-state index is 13.0. The minimum Gasteiger partial charge on any atom is -0.480 e. The Labute approximate surface area is 176 Å². The van der Waals surface area contributed by atoms with E-state index in [4.69, 9.17) is 21.2 Å². The number of aromatic nitrogens is 5. The van der Waals surface area contributed by atoms with Crippen LogP contribution in [-0.4, -0.2) is 55.3 Å². The number of piperidine rings is 1. The SMILES string of the molecule is CC1(C(=O)c2ccccc2Cl)CCN(c2cc(-c3nnn(CC(=O)O)n3)on2)CC1. The molecule has 10 nitrogen and oxygen atoms in total. The average molecular weight is 431 g/mol. The third kappa shape index (κ3) is 3.90. The lowest BCUT2D eigenvalue weighted by atomic mass is 9.74. The lowest BCUT2D eigenvalue weighted by Crippen LogP contribution is -2.43. The number of hydrogen-bond donors (Lipinski definition) is 1. The monoisotopic (exact) mass is 430 g/mol. The summed E-state index contributed by atoms with van der Waals surface area (Å²) in [7, 11) is 0. The third-order valence-electron chi connectivity index (χ3n) is 5.31. The van der Waals surface area contributed by atoms with Gasteiger partial charge in [-0.3, -0.25) is 9.59 Å². The van der Waals surface area contributed by atoms with Gasteiger partial charge in [-0.2, -0.15) is 4.80 Å². The Morgan fingerprint density at radius 1 is 1.27 bits per heavy atom. The first kappa shape index (κ1) is 20.0. The van der Waals surface area contributed by atoms with Crippen molar-refractivity contribution in [3.05, 3.63) is 40.9 Å². The van der Waals surface area contributed by atoms with Gasteiger partial charge < -0.3 is 14.5 Å². The van der Waals surface area contributed by atoms with Crippen molar-refractivity contribution in [2.75, 3.05) is 18.0 Å². The highest BCUT2D eigenvalue weighted by molar-refractivity contribution is 6.34. The van der Waals surface area contributed by atoms with E-state index >= 15 is 0 Å². The lowest BCUT2D eigenvalue weighted by molar-refractivity contribution is -0.138. The van der Waals surface area contributed by atoms with Crippen LogP contribution in [0.15, 0.2) is 34.9 Å². The fourth-order valence-electron chi connectivity index (χ4n) is 3.48. The lowest BCUT2D eigenvalue weighted by Gasteiger charge is -2.38. The number of benzene rings is 1. The predicted octanol–water partition coefficient (Wildman–Crippen LogP) is 2.56. The maximum Gasteiger partial charge on any atom is 0.327 e. The Balaban J connectivity index is 1.43. The van der Waals surface area contributed by atoms with E-state index in [2.05, 4.69) is 20.6 Å². The van der Waals surface area contributed by atoms with Gasteiger partial charge in [0.05, 0.1) is 5.02 Å². The Hall–Kier alpha value is -3.27. The van der Waals surface area contributed by atoms with E-state index < -0.39 is 17.9 Å². The highest BCUT2D eigenvalue weighted by Crippen LogP contribution is 2.37. The largest absolute Gasteiger partial charge is 0.480 e. The molecule has 30 heavy (non-hydrogen) atoms. The predicted molar refractivity (Wildman–Crippen MR) is 106 cm³/mol. The van der Waals surface area contributed by atoms with E-state index in [-0.39, 0.29) is 11.6 Å². The zero-order valence-corrected chi connectivity index (χ0v) is 16.9. The van der Waals surface area contributed by atoms with Gasteiger partial charge in [0.15, 0.2) is 18.1 Å². The Bertz CT molecular complexity index is 1090. The van der Waals surface area contributed by atoms with Gasteiger partial charge in [-0.25, -0.2) is 0 Å². The molecule has 1 aliphatic rings. The molecular formula is C19H19ClN6O4. The number of aliphatic carboxylic acids is 1. The summed E-state index contributed by atoms with van der Waals surface area (Å²) < 4.78 is 5.30. The number of hydrogen-bond acceptors (Lipinski definition) is 8. The van der Waals surface area contributed by atoms with E-state index in [1.807, 2.05) is 17.9 Å². The number of carbonyl (C=O) groups excluding carboxylic acids is 1. The number of Topliss-reactive ketones (excluding diaryl/α,β-unsaturated/α-hetero) is 1. The van der Waals surface area contributed by atoms with Crippen LogP contribution in [0.25, 0.3) is 11.6 Å². The highest BCUT2D eigenvalue weighted by atomic mass is 35.5. The summed E-state index contributed by atoms with van der Waals surface area (Å²) in [5, 5.41) is 24.8. The fourth-order valence-corrected chi connectivity index (χ4v) is 3.70. The molecule has 0 saturated carbocycles. The molecule has 11 heteroatoms. The van der Waals surface area contributed by atoms with Gasteiger partial charge in [0, 0.05) is 30.1 Å². The summed E-state index contributed by atoms with van der Waals surface area (Å²) in [6.07, 6.45) is 1.29. The molecule has 0 amide bonds. The van der Waals surface area contributed by atoms with Crippen LogP contribution >= 0.6 is 11.6 Å². The van der Waals surface area contributed by atoms with Gasteiger partial charge in [0.1, 0.15) is 0 Å². The molecule has 2 aromatic heterocycles. The smallest absolute Gasteiger partial charge is 0.327 e. The highest BCUT2D eigenvalue weighted by Gasteiger charge is 2.38. The molecule has 1 saturated heterocycles. The molecule has 0 bridgehead atoms. The van der Waals surface area contributed by atoms with Crippen molar-refractivity contribution in [2.24, 2.45) is 5.41 Å². The normalized spacial score (nSPS) is 15.9. The number of nitrogens with zero attached hydrogens (tertiary/aromatic N) is 6. The minimum atomic E-state index is -1.07. The number of carbonyl (C=O) groups is 2. The van der Waals surface area contributed by atoms with Crippen molar-refractivity contribution < 1.29 is 19.2 Å². The van der Waals surface area contributed by atoms with Gasteiger partial charge in [-0.15, -0.1) is 10.2 Å². The van der Waals surface area contributed by atoms with Crippen molar-refractivity contribution in [3.8, 4) is 11.6 Å². The summed E-state index contributed by atoms with van der Waals surface area (Å²) in [4.78, 5) is 26.8. The molecule has 4 rings (SSSR count). The van der Waals surface area contributed by atoms with Crippen molar-refractivity contribution in [2.45, 2.75) is 26.3 Å². The summed E-state index contributed by atoms with van der Waals surface area (Å²) in [5.74, 6) is 0.0347. The first-order valence-electron chi connectivity index (χ1n) is 9.37. The molecule has 3 heterocycles. The number of ketones is 1. The molecule has 3 aromatic rings. The van der Waals surface area contributed by atoms with Gasteiger partial charge >= 0.3 is 5.97 Å². The van der Waals surface area contributed by atoms with Crippen LogP contribution in [0.3, 0.4) is 0 Å². The Morgan fingerprint density at radius 3 is 2.70 bits per heavy atom. The number of carboxylic acids is 1. The Morgan fingerprint density at radius 2 is 2.00 bits per heavy atom. The zero-order valence-electron chi connectivity index (χ0n) is 16.2. The van der Waals surface area contributed by atoms with E-state index in [0.29, 0.717) is 48.1 Å². The maximum atomic E-state index is 13.0.